The van der Waals surface area contributed by atoms with Crippen LogP contribution >= 0.6 is 39.3 Å². The molecule has 5 rings (SSSR count). The third-order valence-corrected chi connectivity index (χ3v) is 7.51. The maximum atomic E-state index is 12.8. The fourth-order valence-corrected chi connectivity index (χ4v) is 5.39. The fraction of sp³-hybridized carbons (Fsp3) is 0.111. The van der Waals surface area contributed by atoms with Crippen molar-refractivity contribution in [2.45, 2.75) is 20.4 Å². The summed E-state index contributed by atoms with van der Waals surface area (Å²) in [5.74, 6) is -0.139. The van der Waals surface area contributed by atoms with Crippen molar-refractivity contribution in [1.29, 1.82) is 0 Å². The Hall–Kier alpha value is -2.80. The number of aromatic nitrogens is 1. The number of halogens is 2. The first-order valence-electron chi connectivity index (χ1n) is 10.8. The van der Waals surface area contributed by atoms with E-state index in [4.69, 9.17) is 11.6 Å². The number of thioether (sulfide) groups is 1. The van der Waals surface area contributed by atoms with E-state index in [0.29, 0.717) is 15.1 Å². The lowest BCUT2D eigenvalue weighted by Crippen LogP contribution is -2.19. The summed E-state index contributed by atoms with van der Waals surface area (Å²) >= 11 is 10.9. The third kappa shape index (κ3) is 4.58. The number of nitrogens with one attached hydrogen (secondary N) is 1. The lowest BCUT2D eigenvalue weighted by molar-refractivity contribution is -0.115. The van der Waals surface area contributed by atoms with E-state index >= 15 is 0 Å². The molecule has 4 aromatic rings. The number of nitrogens with zero attached hydrogens (tertiary/aromatic N) is 2. The molecule has 1 saturated heterocycles. The summed E-state index contributed by atoms with van der Waals surface area (Å²) in [5.41, 5.74) is 6.27. The third-order valence-electron chi connectivity index (χ3n) is 5.84. The molecule has 4 nitrogen and oxygen atoms in total. The van der Waals surface area contributed by atoms with Crippen molar-refractivity contribution < 1.29 is 4.79 Å². The summed E-state index contributed by atoms with van der Waals surface area (Å²) < 4.78 is 3.36. The molecule has 0 aliphatic carbocycles. The molecule has 0 unspecified atom stereocenters. The van der Waals surface area contributed by atoms with Crippen molar-refractivity contribution in [2.75, 3.05) is 0 Å². The van der Waals surface area contributed by atoms with Crippen LogP contribution in [0.25, 0.3) is 17.0 Å². The van der Waals surface area contributed by atoms with Crippen molar-refractivity contribution in [2.24, 2.45) is 4.99 Å². The molecule has 1 aromatic heterocycles. The number of hydrogen-bond acceptors (Lipinski definition) is 3. The van der Waals surface area contributed by atoms with E-state index in [-0.39, 0.29) is 5.91 Å². The second-order valence-electron chi connectivity index (χ2n) is 8.14. The van der Waals surface area contributed by atoms with E-state index in [2.05, 4.69) is 74.1 Å². The average Bonchev–Trinajstić information content (AvgIpc) is 3.29. The Morgan fingerprint density at radius 1 is 1.09 bits per heavy atom. The fourth-order valence-electron chi connectivity index (χ4n) is 4.08. The van der Waals surface area contributed by atoms with Gasteiger partial charge in [0, 0.05) is 38.2 Å². The van der Waals surface area contributed by atoms with Crippen LogP contribution in [0.4, 0.5) is 5.69 Å². The van der Waals surface area contributed by atoms with Gasteiger partial charge in [0.25, 0.3) is 5.91 Å². The number of carbonyl (C=O) groups excluding carboxylic acids is 1. The molecular formula is C27H21BrClN3OS. The highest BCUT2D eigenvalue weighted by molar-refractivity contribution is 9.10. The van der Waals surface area contributed by atoms with Crippen molar-refractivity contribution in [3.8, 4) is 0 Å². The van der Waals surface area contributed by atoms with Gasteiger partial charge in [-0.3, -0.25) is 4.79 Å². The number of fused-ring (bicyclic) bond motifs is 1. The molecule has 0 radical (unpaired) electrons. The predicted molar refractivity (Wildman–Crippen MR) is 147 cm³/mol. The smallest absolute Gasteiger partial charge is 0.264 e. The van der Waals surface area contributed by atoms with E-state index in [0.717, 1.165) is 44.4 Å². The molecule has 0 spiro atoms. The highest BCUT2D eigenvalue weighted by Gasteiger charge is 2.25. The Morgan fingerprint density at radius 2 is 1.85 bits per heavy atom. The predicted octanol–water partition coefficient (Wildman–Crippen LogP) is 7.61. The lowest BCUT2D eigenvalue weighted by atomic mass is 10.1. The van der Waals surface area contributed by atoms with Crippen LogP contribution in [-0.2, 0) is 11.3 Å². The summed E-state index contributed by atoms with van der Waals surface area (Å²) in [6.45, 7) is 4.81. The summed E-state index contributed by atoms with van der Waals surface area (Å²) in [7, 11) is 0. The van der Waals surface area contributed by atoms with Crippen molar-refractivity contribution in [3.63, 3.8) is 0 Å². The quantitative estimate of drug-likeness (QED) is 0.266. The topological polar surface area (TPSA) is 46.4 Å². The van der Waals surface area contributed by atoms with E-state index in [1.807, 2.05) is 37.3 Å². The minimum Gasteiger partial charge on any atom is -0.340 e. The van der Waals surface area contributed by atoms with Crippen LogP contribution in [0.1, 0.15) is 22.4 Å². The minimum atomic E-state index is -0.139. The molecule has 0 bridgehead atoms. The van der Waals surface area contributed by atoms with E-state index < -0.39 is 0 Å². The number of amides is 1. The number of aliphatic imine (C=N–C) groups is 1. The first kappa shape index (κ1) is 23.0. The van der Waals surface area contributed by atoms with E-state index in [9.17, 15) is 4.79 Å². The van der Waals surface area contributed by atoms with Gasteiger partial charge in [-0.2, -0.15) is 0 Å². The number of hydrogen-bond donors (Lipinski definition) is 1. The molecule has 1 amide bonds. The van der Waals surface area contributed by atoms with Gasteiger partial charge in [-0.15, -0.1) is 0 Å². The normalized spacial score (nSPS) is 16.1. The average molecular weight is 551 g/mol. The standard InChI is InChI=1S/C27H21BrClN3OS/c1-16-13-20(29)11-12-23(16)30-27-31-26(33)25(34-27)14-22-17(2)32(24-6-4-3-5-21(22)24)15-18-7-9-19(28)10-8-18/h3-14H,15H2,1-2H3,(H,30,31,33)/b25-14-. The zero-order valence-corrected chi connectivity index (χ0v) is 21.8. The lowest BCUT2D eigenvalue weighted by Gasteiger charge is -2.09. The number of carbonyl (C=O) groups is 1. The van der Waals surface area contributed by atoms with E-state index in [1.54, 1.807) is 6.07 Å². The Morgan fingerprint density at radius 3 is 2.62 bits per heavy atom. The van der Waals surface area contributed by atoms with Crippen LogP contribution in [0.15, 0.2) is 81.1 Å². The second kappa shape index (κ2) is 9.45. The van der Waals surface area contributed by atoms with Crippen molar-refractivity contribution in [3.05, 3.63) is 104 Å². The number of amidine groups is 1. The molecule has 170 valence electrons. The zero-order chi connectivity index (χ0) is 23.8. The van der Waals surface area contributed by atoms with E-state index in [1.165, 1.54) is 17.3 Å². The highest BCUT2D eigenvalue weighted by atomic mass is 79.9. The van der Waals surface area contributed by atoms with Crippen LogP contribution < -0.4 is 5.32 Å². The molecule has 1 aliphatic rings. The molecule has 3 aromatic carbocycles. The molecule has 1 fully saturated rings. The van der Waals surface area contributed by atoms with Crippen LogP contribution in [0.2, 0.25) is 5.02 Å². The summed E-state index contributed by atoms with van der Waals surface area (Å²) in [6, 6.07) is 22.2. The van der Waals surface area contributed by atoms with Gasteiger partial charge in [0.15, 0.2) is 5.17 Å². The van der Waals surface area contributed by atoms with Crippen LogP contribution in [0.5, 0.6) is 0 Å². The molecule has 34 heavy (non-hydrogen) atoms. The Kier molecular flexibility index (Phi) is 6.38. The Bertz CT molecular complexity index is 1490. The second-order valence-corrected chi connectivity index (χ2v) is 10.5. The Balaban J connectivity index is 1.51. The van der Waals surface area contributed by atoms with Gasteiger partial charge < -0.3 is 9.88 Å². The number of benzene rings is 3. The number of para-hydroxylation sites is 1. The largest absolute Gasteiger partial charge is 0.340 e. The minimum absolute atomic E-state index is 0.139. The molecular weight excluding hydrogens is 530 g/mol. The van der Waals surface area contributed by atoms with Crippen LogP contribution in [0, 0.1) is 13.8 Å². The monoisotopic (exact) mass is 549 g/mol. The van der Waals surface area contributed by atoms with Crippen molar-refractivity contribution in [1.82, 2.24) is 9.88 Å². The summed E-state index contributed by atoms with van der Waals surface area (Å²) in [6.07, 6.45) is 1.98. The van der Waals surface area contributed by atoms with Gasteiger partial charge in [0.2, 0.25) is 0 Å². The first-order valence-corrected chi connectivity index (χ1v) is 12.8. The highest BCUT2D eigenvalue weighted by Crippen LogP contribution is 2.34. The van der Waals surface area contributed by atoms with Crippen LogP contribution in [0.3, 0.4) is 0 Å². The van der Waals surface area contributed by atoms with Gasteiger partial charge >= 0.3 is 0 Å². The maximum Gasteiger partial charge on any atom is 0.264 e. The SMILES string of the molecule is Cc1cc(Cl)ccc1N=C1NC(=O)/C(=C/c2c(C)n(Cc3ccc(Br)cc3)c3ccccc23)S1. The van der Waals surface area contributed by atoms with Gasteiger partial charge in [-0.25, -0.2) is 4.99 Å². The molecule has 1 aliphatic heterocycles. The molecule has 0 atom stereocenters. The summed E-state index contributed by atoms with van der Waals surface area (Å²) in [5, 5.41) is 5.25. The van der Waals surface area contributed by atoms with Crippen molar-refractivity contribution >= 4 is 73.0 Å². The Labute approximate surface area is 215 Å². The van der Waals surface area contributed by atoms with Gasteiger partial charge in [-0.1, -0.05) is 57.9 Å². The summed E-state index contributed by atoms with van der Waals surface area (Å²) in [4.78, 5) is 18.0. The molecule has 0 saturated carbocycles. The van der Waals surface area contributed by atoms with Gasteiger partial charge in [-0.05, 0) is 79.2 Å². The van der Waals surface area contributed by atoms with Gasteiger partial charge in [0.05, 0.1) is 10.6 Å². The maximum absolute atomic E-state index is 12.8. The van der Waals surface area contributed by atoms with Crippen LogP contribution in [-0.4, -0.2) is 15.6 Å². The molecule has 7 heteroatoms. The van der Waals surface area contributed by atoms with Gasteiger partial charge in [0.1, 0.15) is 0 Å². The molecule has 1 N–H and O–H groups in total. The number of rotatable bonds is 4. The first-order chi connectivity index (χ1) is 16.4. The number of aryl methyl sites for hydroxylation is 1. The zero-order valence-electron chi connectivity index (χ0n) is 18.6. The molecule has 2 heterocycles.